The van der Waals surface area contributed by atoms with Crippen LogP contribution in [-0.4, -0.2) is 67.8 Å². The Balaban J connectivity index is 1.62. The van der Waals surface area contributed by atoms with Crippen LogP contribution in [-0.2, 0) is 10.0 Å². The van der Waals surface area contributed by atoms with Crippen LogP contribution in [0.4, 0.5) is 5.13 Å². The van der Waals surface area contributed by atoms with Gasteiger partial charge >= 0.3 is 0 Å². The Morgan fingerprint density at radius 1 is 1.05 bits per heavy atom. The number of sulfonamides is 1. The first-order valence-corrected chi connectivity index (χ1v) is 15.4. The van der Waals surface area contributed by atoms with E-state index in [4.69, 9.17) is 4.98 Å². The lowest BCUT2D eigenvalue weighted by Gasteiger charge is -2.29. The van der Waals surface area contributed by atoms with Crippen LogP contribution < -0.4 is 4.90 Å². The highest BCUT2D eigenvalue weighted by atomic mass is 32.2. The van der Waals surface area contributed by atoms with E-state index >= 15 is 0 Å². The molecule has 37 heavy (non-hydrogen) atoms. The number of aromatic nitrogens is 1. The summed E-state index contributed by atoms with van der Waals surface area (Å²) < 4.78 is 28.9. The summed E-state index contributed by atoms with van der Waals surface area (Å²) >= 11 is 1.53. The molecule has 0 N–H and O–H groups in total. The van der Waals surface area contributed by atoms with E-state index in [0.29, 0.717) is 36.2 Å². The second-order valence-electron chi connectivity index (χ2n) is 10.0. The summed E-state index contributed by atoms with van der Waals surface area (Å²) in [6.45, 7) is 14.6. The van der Waals surface area contributed by atoms with Gasteiger partial charge in [0.05, 0.1) is 15.1 Å². The van der Waals surface area contributed by atoms with Crippen LogP contribution in [0.1, 0.15) is 55.1 Å². The number of fused-ring (bicyclic) bond motifs is 1. The largest absolute Gasteiger partial charge is 0.302 e. The highest BCUT2D eigenvalue weighted by Gasteiger charge is 2.29. The molecule has 1 aliphatic rings. The molecule has 9 heteroatoms. The van der Waals surface area contributed by atoms with Gasteiger partial charge in [-0.25, -0.2) is 13.4 Å². The van der Waals surface area contributed by atoms with Crippen LogP contribution in [0.2, 0.25) is 0 Å². The number of likely N-dealkylation sites (N-methyl/N-ethyl adjacent to an activating group) is 1. The Bertz CT molecular complexity index is 1340. The summed E-state index contributed by atoms with van der Waals surface area (Å²) in [6.07, 6.45) is 1.75. The molecule has 1 fully saturated rings. The summed E-state index contributed by atoms with van der Waals surface area (Å²) in [4.78, 5) is 22.9. The van der Waals surface area contributed by atoms with E-state index in [1.807, 2.05) is 0 Å². The van der Waals surface area contributed by atoms with Gasteiger partial charge in [0.1, 0.15) is 0 Å². The van der Waals surface area contributed by atoms with Gasteiger partial charge < -0.3 is 4.90 Å². The lowest BCUT2D eigenvalue weighted by Crippen LogP contribution is -2.39. The zero-order valence-electron chi connectivity index (χ0n) is 22.5. The Kier molecular flexibility index (Phi) is 8.68. The number of carbonyl (C=O) groups excluding carboxylic acids is 1. The fraction of sp³-hybridized carbons (Fsp3) is 0.500. The quantitative estimate of drug-likeness (QED) is 0.366. The van der Waals surface area contributed by atoms with Gasteiger partial charge in [-0.1, -0.05) is 38.2 Å². The molecule has 0 bridgehead atoms. The number of hydrogen-bond acceptors (Lipinski definition) is 6. The van der Waals surface area contributed by atoms with Gasteiger partial charge in [-0.3, -0.25) is 9.69 Å². The molecule has 1 saturated heterocycles. The lowest BCUT2D eigenvalue weighted by atomic mass is 10.0. The number of thiazole rings is 1. The van der Waals surface area contributed by atoms with Gasteiger partial charge in [-0.15, -0.1) is 0 Å². The number of benzene rings is 2. The van der Waals surface area contributed by atoms with Crippen LogP contribution in [0.5, 0.6) is 0 Å². The molecule has 0 unspecified atom stereocenters. The molecule has 0 atom stereocenters. The first kappa shape index (κ1) is 27.7. The van der Waals surface area contributed by atoms with Crippen molar-refractivity contribution in [3.63, 3.8) is 0 Å². The Morgan fingerprint density at radius 2 is 1.70 bits per heavy atom. The molecule has 0 radical (unpaired) electrons. The first-order valence-electron chi connectivity index (χ1n) is 13.2. The third-order valence-electron chi connectivity index (χ3n) is 7.30. The summed E-state index contributed by atoms with van der Waals surface area (Å²) in [5.41, 5.74) is 3.65. The molecule has 1 aromatic heterocycles. The molecular weight excluding hydrogens is 504 g/mol. The fourth-order valence-corrected chi connectivity index (χ4v) is 7.36. The van der Waals surface area contributed by atoms with E-state index in [-0.39, 0.29) is 10.8 Å². The zero-order chi connectivity index (χ0) is 26.7. The molecule has 2 aromatic carbocycles. The molecule has 3 aromatic rings. The molecule has 2 heterocycles. The van der Waals surface area contributed by atoms with Crippen LogP contribution in [0.3, 0.4) is 0 Å². The van der Waals surface area contributed by atoms with Crippen molar-refractivity contribution in [2.75, 3.05) is 44.2 Å². The van der Waals surface area contributed by atoms with Crippen molar-refractivity contribution >= 4 is 42.6 Å². The van der Waals surface area contributed by atoms with Gasteiger partial charge in [-0.2, -0.15) is 4.31 Å². The smallest absolute Gasteiger partial charge is 0.260 e. The molecular formula is C28H38N4O3S2. The SMILES string of the molecule is CCN(CC)CCN(C(=O)c1ccc(S(=O)(=O)N2CCC(C)CC2)cc1)c1nc2cc(C)cc(C)c2s1. The highest BCUT2D eigenvalue weighted by molar-refractivity contribution is 7.89. The number of carbonyl (C=O) groups is 1. The Labute approximate surface area is 225 Å². The number of hydrogen-bond donors (Lipinski definition) is 0. The topological polar surface area (TPSA) is 73.8 Å². The van der Waals surface area contributed by atoms with E-state index in [0.717, 1.165) is 53.8 Å². The molecule has 200 valence electrons. The second kappa shape index (κ2) is 11.6. The third-order valence-corrected chi connectivity index (χ3v) is 10.4. The summed E-state index contributed by atoms with van der Waals surface area (Å²) in [5.74, 6) is 0.375. The first-order chi connectivity index (χ1) is 17.6. The minimum absolute atomic E-state index is 0.170. The van der Waals surface area contributed by atoms with Crippen LogP contribution >= 0.6 is 11.3 Å². The minimum Gasteiger partial charge on any atom is -0.302 e. The average molecular weight is 543 g/mol. The van der Waals surface area contributed by atoms with Crippen LogP contribution in [0.15, 0.2) is 41.3 Å². The van der Waals surface area contributed by atoms with E-state index < -0.39 is 10.0 Å². The van der Waals surface area contributed by atoms with Crippen molar-refractivity contribution in [1.29, 1.82) is 0 Å². The monoisotopic (exact) mass is 542 g/mol. The van der Waals surface area contributed by atoms with Gasteiger partial charge in [-0.05, 0) is 87.2 Å². The van der Waals surface area contributed by atoms with E-state index in [2.05, 4.69) is 51.7 Å². The molecule has 0 saturated carbocycles. The number of amides is 1. The minimum atomic E-state index is -3.56. The molecule has 4 rings (SSSR count). The van der Waals surface area contributed by atoms with Crippen molar-refractivity contribution in [1.82, 2.24) is 14.2 Å². The van der Waals surface area contributed by atoms with Crippen LogP contribution in [0, 0.1) is 19.8 Å². The summed E-state index contributed by atoms with van der Waals surface area (Å²) in [5, 5.41) is 0.667. The van der Waals surface area contributed by atoms with E-state index in [1.165, 1.54) is 11.3 Å². The van der Waals surface area contributed by atoms with Crippen molar-refractivity contribution < 1.29 is 13.2 Å². The predicted molar refractivity (Wildman–Crippen MR) is 152 cm³/mol. The number of piperidine rings is 1. The average Bonchev–Trinajstić information content (AvgIpc) is 3.31. The second-order valence-corrected chi connectivity index (χ2v) is 12.9. The number of aryl methyl sites for hydroxylation is 2. The van der Waals surface area contributed by atoms with Gasteiger partial charge in [0.15, 0.2) is 5.13 Å². The maximum atomic E-state index is 13.8. The standard InChI is InChI=1S/C28H38N4O3S2/c1-6-30(7-2)16-17-32(28-29-25-19-21(4)18-22(5)26(25)36-28)27(33)23-8-10-24(11-9-23)37(34,35)31-14-12-20(3)13-15-31/h8-11,18-20H,6-7,12-17H2,1-5H3. The zero-order valence-corrected chi connectivity index (χ0v) is 24.2. The Morgan fingerprint density at radius 3 is 2.32 bits per heavy atom. The van der Waals surface area contributed by atoms with E-state index in [1.54, 1.807) is 33.5 Å². The fourth-order valence-electron chi connectivity index (χ4n) is 4.85. The maximum Gasteiger partial charge on any atom is 0.260 e. The molecule has 7 nitrogen and oxygen atoms in total. The molecule has 0 aliphatic carbocycles. The normalized spacial score (nSPS) is 15.5. The number of anilines is 1. The van der Waals surface area contributed by atoms with Crippen molar-refractivity contribution in [3.8, 4) is 0 Å². The summed E-state index contributed by atoms with van der Waals surface area (Å²) in [6, 6.07) is 10.6. The van der Waals surface area contributed by atoms with Crippen molar-refractivity contribution in [2.24, 2.45) is 5.92 Å². The summed E-state index contributed by atoms with van der Waals surface area (Å²) in [7, 11) is -3.56. The molecule has 1 aliphatic heterocycles. The highest BCUT2D eigenvalue weighted by Crippen LogP contribution is 2.33. The molecule has 1 amide bonds. The van der Waals surface area contributed by atoms with Crippen molar-refractivity contribution in [2.45, 2.75) is 52.4 Å². The van der Waals surface area contributed by atoms with Gasteiger partial charge in [0, 0.05) is 31.7 Å². The van der Waals surface area contributed by atoms with Gasteiger partial charge in [0.2, 0.25) is 10.0 Å². The Hall–Kier alpha value is -2.33. The maximum absolute atomic E-state index is 13.8. The third kappa shape index (κ3) is 6.06. The predicted octanol–water partition coefficient (Wildman–Crippen LogP) is 5.32. The van der Waals surface area contributed by atoms with Crippen molar-refractivity contribution in [3.05, 3.63) is 53.1 Å². The van der Waals surface area contributed by atoms with Crippen LogP contribution in [0.25, 0.3) is 10.2 Å². The number of nitrogens with zero attached hydrogens (tertiary/aromatic N) is 4. The van der Waals surface area contributed by atoms with E-state index in [9.17, 15) is 13.2 Å². The lowest BCUT2D eigenvalue weighted by molar-refractivity contribution is 0.0983. The number of rotatable bonds is 9. The van der Waals surface area contributed by atoms with Gasteiger partial charge in [0.25, 0.3) is 5.91 Å². The molecule has 0 spiro atoms.